The van der Waals surface area contributed by atoms with Gasteiger partial charge in [0.2, 0.25) is 0 Å². The van der Waals surface area contributed by atoms with Crippen molar-refractivity contribution < 1.29 is 4.74 Å². The predicted octanol–water partition coefficient (Wildman–Crippen LogP) is 5.42. The van der Waals surface area contributed by atoms with Crippen molar-refractivity contribution in [1.29, 1.82) is 0 Å². The van der Waals surface area contributed by atoms with Gasteiger partial charge >= 0.3 is 0 Å². The van der Waals surface area contributed by atoms with Crippen LogP contribution in [-0.4, -0.2) is 18.5 Å². The SMILES string of the molecule is CCCC(CC)CC(CC)COCCCCBr. The molecular formula is C15H31BrO. The van der Waals surface area contributed by atoms with Crippen LogP contribution in [0, 0.1) is 11.8 Å². The highest BCUT2D eigenvalue weighted by Crippen LogP contribution is 2.23. The summed E-state index contributed by atoms with van der Waals surface area (Å²) >= 11 is 3.45. The fourth-order valence-electron chi connectivity index (χ4n) is 2.27. The van der Waals surface area contributed by atoms with Gasteiger partial charge < -0.3 is 4.74 Å². The molecule has 0 rings (SSSR count). The first-order chi connectivity index (χ1) is 8.28. The standard InChI is InChI=1S/C15H31BrO/c1-4-9-14(5-2)12-15(6-3)13-17-11-8-7-10-16/h14-15H,4-13H2,1-3H3. The Balaban J connectivity index is 3.66. The number of hydrogen-bond acceptors (Lipinski definition) is 1. The third kappa shape index (κ3) is 10.1. The molecule has 0 radical (unpaired) electrons. The van der Waals surface area contributed by atoms with Crippen LogP contribution in [0.4, 0.5) is 0 Å². The first kappa shape index (κ1) is 17.4. The van der Waals surface area contributed by atoms with Crippen LogP contribution in [-0.2, 0) is 4.74 Å². The molecule has 0 aliphatic heterocycles. The first-order valence-electron chi connectivity index (χ1n) is 7.42. The molecule has 0 aromatic rings. The van der Waals surface area contributed by atoms with E-state index in [2.05, 4.69) is 36.7 Å². The third-order valence-corrected chi connectivity index (χ3v) is 4.10. The molecule has 2 atom stereocenters. The van der Waals surface area contributed by atoms with E-state index < -0.39 is 0 Å². The van der Waals surface area contributed by atoms with E-state index in [4.69, 9.17) is 4.74 Å². The molecule has 0 bridgehead atoms. The third-order valence-electron chi connectivity index (χ3n) is 3.54. The van der Waals surface area contributed by atoms with E-state index in [-0.39, 0.29) is 0 Å². The van der Waals surface area contributed by atoms with Crippen molar-refractivity contribution >= 4 is 15.9 Å². The predicted molar refractivity (Wildman–Crippen MR) is 80.9 cm³/mol. The number of halogens is 1. The molecule has 0 heterocycles. The Morgan fingerprint density at radius 3 is 2.24 bits per heavy atom. The van der Waals surface area contributed by atoms with Crippen LogP contribution in [0.2, 0.25) is 0 Å². The highest BCUT2D eigenvalue weighted by Gasteiger charge is 2.13. The second-order valence-electron chi connectivity index (χ2n) is 5.04. The van der Waals surface area contributed by atoms with Gasteiger partial charge in [-0.25, -0.2) is 0 Å². The summed E-state index contributed by atoms with van der Waals surface area (Å²) in [4.78, 5) is 0. The summed E-state index contributed by atoms with van der Waals surface area (Å²) < 4.78 is 5.79. The van der Waals surface area contributed by atoms with Gasteiger partial charge in [-0.2, -0.15) is 0 Å². The van der Waals surface area contributed by atoms with Crippen molar-refractivity contribution in [1.82, 2.24) is 0 Å². The minimum Gasteiger partial charge on any atom is -0.381 e. The molecule has 17 heavy (non-hydrogen) atoms. The maximum absolute atomic E-state index is 5.79. The molecular weight excluding hydrogens is 276 g/mol. The van der Waals surface area contributed by atoms with Gasteiger partial charge in [0.15, 0.2) is 0 Å². The van der Waals surface area contributed by atoms with E-state index in [9.17, 15) is 0 Å². The normalized spacial score (nSPS) is 14.8. The quantitative estimate of drug-likeness (QED) is 0.345. The second kappa shape index (κ2) is 12.9. The lowest BCUT2D eigenvalue weighted by atomic mass is 9.88. The molecule has 0 amide bonds. The van der Waals surface area contributed by atoms with E-state index in [1.165, 1.54) is 44.9 Å². The lowest BCUT2D eigenvalue weighted by Crippen LogP contribution is -2.14. The Kier molecular flexibility index (Phi) is 13.2. The smallest absolute Gasteiger partial charge is 0.0494 e. The Labute approximate surface area is 117 Å². The van der Waals surface area contributed by atoms with Crippen molar-refractivity contribution in [2.24, 2.45) is 11.8 Å². The van der Waals surface area contributed by atoms with Gasteiger partial charge in [0.05, 0.1) is 0 Å². The van der Waals surface area contributed by atoms with Crippen LogP contribution in [0.3, 0.4) is 0 Å². The Morgan fingerprint density at radius 1 is 1.00 bits per heavy atom. The second-order valence-corrected chi connectivity index (χ2v) is 5.84. The highest BCUT2D eigenvalue weighted by atomic mass is 79.9. The zero-order valence-corrected chi connectivity index (χ0v) is 13.6. The van der Waals surface area contributed by atoms with Gasteiger partial charge in [0.1, 0.15) is 0 Å². The molecule has 0 aromatic carbocycles. The minimum absolute atomic E-state index is 0.774. The number of unbranched alkanes of at least 4 members (excludes halogenated alkanes) is 1. The summed E-state index contributed by atoms with van der Waals surface area (Å²) in [6, 6.07) is 0. The average Bonchev–Trinajstić information content (AvgIpc) is 2.36. The summed E-state index contributed by atoms with van der Waals surface area (Å²) in [5.74, 6) is 1.69. The van der Waals surface area contributed by atoms with Gasteiger partial charge in [-0.15, -0.1) is 0 Å². The summed E-state index contributed by atoms with van der Waals surface area (Å²) in [6.07, 6.45) is 9.07. The lowest BCUT2D eigenvalue weighted by Gasteiger charge is -2.21. The number of hydrogen-bond donors (Lipinski definition) is 0. The van der Waals surface area contributed by atoms with E-state index in [0.29, 0.717) is 0 Å². The highest BCUT2D eigenvalue weighted by molar-refractivity contribution is 9.09. The summed E-state index contributed by atoms with van der Waals surface area (Å²) in [6.45, 7) is 8.82. The summed E-state index contributed by atoms with van der Waals surface area (Å²) in [5, 5.41) is 1.10. The van der Waals surface area contributed by atoms with Crippen LogP contribution in [0.5, 0.6) is 0 Å². The molecule has 0 N–H and O–H groups in total. The fourth-order valence-corrected chi connectivity index (χ4v) is 2.67. The molecule has 0 saturated carbocycles. The molecule has 2 unspecified atom stereocenters. The van der Waals surface area contributed by atoms with Crippen molar-refractivity contribution in [2.45, 2.75) is 65.7 Å². The van der Waals surface area contributed by atoms with Crippen molar-refractivity contribution in [3.8, 4) is 0 Å². The molecule has 1 nitrogen and oxygen atoms in total. The van der Waals surface area contributed by atoms with Crippen LogP contribution in [0.1, 0.15) is 65.7 Å². The monoisotopic (exact) mass is 306 g/mol. The molecule has 0 aliphatic rings. The van der Waals surface area contributed by atoms with Gasteiger partial charge in [-0.05, 0) is 31.1 Å². The van der Waals surface area contributed by atoms with E-state index in [1.54, 1.807) is 0 Å². The maximum Gasteiger partial charge on any atom is 0.0494 e. The summed E-state index contributed by atoms with van der Waals surface area (Å²) in [7, 11) is 0. The van der Waals surface area contributed by atoms with E-state index >= 15 is 0 Å². The molecule has 0 fully saturated rings. The van der Waals surface area contributed by atoms with Gasteiger partial charge in [-0.1, -0.05) is 62.4 Å². The number of alkyl halides is 1. The lowest BCUT2D eigenvalue weighted by molar-refractivity contribution is 0.0852. The molecule has 0 saturated heterocycles. The van der Waals surface area contributed by atoms with Crippen molar-refractivity contribution in [3.05, 3.63) is 0 Å². The molecule has 104 valence electrons. The van der Waals surface area contributed by atoms with Crippen molar-refractivity contribution in [3.63, 3.8) is 0 Å². The maximum atomic E-state index is 5.79. The molecule has 0 aliphatic carbocycles. The zero-order chi connectivity index (χ0) is 12.9. The number of rotatable bonds is 12. The first-order valence-corrected chi connectivity index (χ1v) is 8.54. The van der Waals surface area contributed by atoms with Crippen LogP contribution in [0.15, 0.2) is 0 Å². The van der Waals surface area contributed by atoms with Crippen LogP contribution >= 0.6 is 15.9 Å². The van der Waals surface area contributed by atoms with E-state index in [1.807, 2.05) is 0 Å². The Morgan fingerprint density at radius 2 is 1.71 bits per heavy atom. The fraction of sp³-hybridized carbons (Fsp3) is 1.00. The van der Waals surface area contributed by atoms with Gasteiger partial charge in [0, 0.05) is 18.5 Å². The zero-order valence-electron chi connectivity index (χ0n) is 12.0. The van der Waals surface area contributed by atoms with Crippen LogP contribution < -0.4 is 0 Å². The van der Waals surface area contributed by atoms with Crippen molar-refractivity contribution in [2.75, 3.05) is 18.5 Å². The van der Waals surface area contributed by atoms with Gasteiger partial charge in [-0.3, -0.25) is 0 Å². The topological polar surface area (TPSA) is 9.23 Å². The van der Waals surface area contributed by atoms with Gasteiger partial charge in [0.25, 0.3) is 0 Å². The Hall–Kier alpha value is 0.440. The Bertz CT molecular complexity index is 150. The van der Waals surface area contributed by atoms with E-state index in [0.717, 1.165) is 30.4 Å². The summed E-state index contributed by atoms with van der Waals surface area (Å²) in [5.41, 5.74) is 0. The molecule has 0 aromatic heterocycles. The average molecular weight is 307 g/mol. The van der Waals surface area contributed by atoms with Crippen LogP contribution in [0.25, 0.3) is 0 Å². The molecule has 2 heteroatoms. The molecule has 0 spiro atoms. The largest absolute Gasteiger partial charge is 0.381 e. The number of ether oxygens (including phenoxy) is 1. The minimum atomic E-state index is 0.774.